The lowest BCUT2D eigenvalue weighted by Crippen LogP contribution is -2.29. The molecule has 1 fully saturated rings. The van der Waals surface area contributed by atoms with Crippen molar-refractivity contribution in [3.63, 3.8) is 0 Å². The summed E-state index contributed by atoms with van der Waals surface area (Å²) in [6.45, 7) is 3.10. The van der Waals surface area contributed by atoms with Crippen molar-refractivity contribution in [1.29, 1.82) is 0 Å². The number of ether oxygens (including phenoxy) is 1. The average Bonchev–Trinajstić information content (AvgIpc) is 2.64. The van der Waals surface area contributed by atoms with E-state index in [1.165, 1.54) is 0 Å². The number of hydrogen-bond donors (Lipinski definition) is 1. The number of rotatable bonds is 4. The van der Waals surface area contributed by atoms with E-state index >= 15 is 0 Å². The van der Waals surface area contributed by atoms with Crippen LogP contribution >= 0.6 is 0 Å². The number of hydrogen-bond acceptors (Lipinski definition) is 3. The normalized spacial score (nSPS) is 17.8. The molecule has 1 aromatic rings. The molecule has 0 spiro atoms. The van der Waals surface area contributed by atoms with E-state index in [1.54, 1.807) is 14.0 Å². The monoisotopic (exact) mass is 277 g/mol. The molecule has 1 unspecified atom stereocenters. The van der Waals surface area contributed by atoms with Gasteiger partial charge in [0.2, 0.25) is 5.91 Å². The van der Waals surface area contributed by atoms with Gasteiger partial charge in [-0.25, -0.2) is 0 Å². The van der Waals surface area contributed by atoms with Gasteiger partial charge in [0.25, 0.3) is 0 Å². The van der Waals surface area contributed by atoms with Crippen LogP contribution in [0.5, 0.6) is 5.75 Å². The van der Waals surface area contributed by atoms with Crippen LogP contribution in [-0.4, -0.2) is 29.6 Å². The van der Waals surface area contributed by atoms with Crippen LogP contribution in [0.3, 0.4) is 0 Å². The van der Waals surface area contributed by atoms with Gasteiger partial charge in [0, 0.05) is 25.1 Å². The Labute approximate surface area is 120 Å². The molecule has 1 heterocycles. The predicted molar refractivity (Wildman–Crippen MR) is 77.5 cm³/mol. The molecule has 4 heteroatoms. The second kappa shape index (κ2) is 6.75. The summed E-state index contributed by atoms with van der Waals surface area (Å²) in [7, 11) is 1.63. The molecular formula is C16H23NO3. The van der Waals surface area contributed by atoms with Crippen LogP contribution in [0.4, 0.5) is 0 Å². The summed E-state index contributed by atoms with van der Waals surface area (Å²) < 4.78 is 5.37. The van der Waals surface area contributed by atoms with Crippen molar-refractivity contribution < 1.29 is 14.6 Å². The molecule has 4 nitrogen and oxygen atoms in total. The summed E-state index contributed by atoms with van der Waals surface area (Å²) >= 11 is 0. The van der Waals surface area contributed by atoms with Crippen molar-refractivity contribution in [2.24, 2.45) is 0 Å². The Hall–Kier alpha value is -1.55. The number of nitrogens with zero attached hydrogens (tertiary/aromatic N) is 1. The number of methoxy groups -OCH3 is 1. The standard InChI is InChI=1S/C16H23NO3/c1-12(18)13-7-8-15(20-2)14(10-13)11-17-9-5-3-4-6-16(17)19/h7-8,10,12,18H,3-6,9,11H2,1-2H3. The van der Waals surface area contributed by atoms with Gasteiger partial charge < -0.3 is 14.7 Å². The third kappa shape index (κ3) is 3.51. The van der Waals surface area contributed by atoms with Crippen LogP contribution in [0.25, 0.3) is 0 Å². The molecule has 0 aliphatic carbocycles. The van der Waals surface area contributed by atoms with E-state index < -0.39 is 6.10 Å². The Bertz CT molecular complexity index is 471. The first-order chi connectivity index (χ1) is 9.61. The van der Waals surface area contributed by atoms with Crippen molar-refractivity contribution in [3.05, 3.63) is 29.3 Å². The molecule has 1 amide bonds. The highest BCUT2D eigenvalue weighted by atomic mass is 16.5. The predicted octanol–water partition coefficient (Wildman–Crippen LogP) is 2.65. The summed E-state index contributed by atoms with van der Waals surface area (Å²) in [5.41, 5.74) is 1.81. The lowest BCUT2D eigenvalue weighted by molar-refractivity contribution is -0.131. The van der Waals surface area contributed by atoms with Crippen molar-refractivity contribution in [3.8, 4) is 5.75 Å². The minimum atomic E-state index is -0.514. The molecular weight excluding hydrogens is 254 g/mol. The van der Waals surface area contributed by atoms with Crippen molar-refractivity contribution in [1.82, 2.24) is 4.90 Å². The number of likely N-dealkylation sites (tertiary alicyclic amines) is 1. The van der Waals surface area contributed by atoms with E-state index in [2.05, 4.69) is 0 Å². The quantitative estimate of drug-likeness (QED) is 0.920. The molecule has 1 atom stereocenters. The SMILES string of the molecule is COc1ccc(C(C)O)cc1CN1CCCCCC1=O. The van der Waals surface area contributed by atoms with Gasteiger partial charge in [-0.05, 0) is 37.5 Å². The van der Waals surface area contributed by atoms with Crippen LogP contribution in [0.15, 0.2) is 18.2 Å². The largest absolute Gasteiger partial charge is 0.496 e. The summed E-state index contributed by atoms with van der Waals surface area (Å²) in [6.07, 6.45) is 3.29. The summed E-state index contributed by atoms with van der Waals surface area (Å²) in [5, 5.41) is 9.69. The highest BCUT2D eigenvalue weighted by Gasteiger charge is 2.18. The Kier molecular flexibility index (Phi) is 5.01. The molecule has 1 N–H and O–H groups in total. The van der Waals surface area contributed by atoms with Gasteiger partial charge in [-0.1, -0.05) is 12.5 Å². The summed E-state index contributed by atoms with van der Waals surface area (Å²) in [4.78, 5) is 14.0. The maximum Gasteiger partial charge on any atom is 0.222 e. The van der Waals surface area contributed by atoms with E-state index in [4.69, 9.17) is 4.74 Å². The van der Waals surface area contributed by atoms with Crippen LogP contribution in [0, 0.1) is 0 Å². The van der Waals surface area contributed by atoms with E-state index in [0.29, 0.717) is 13.0 Å². The molecule has 110 valence electrons. The maximum absolute atomic E-state index is 12.1. The third-order valence-corrected chi connectivity index (χ3v) is 3.82. The highest BCUT2D eigenvalue weighted by molar-refractivity contribution is 5.76. The van der Waals surface area contributed by atoms with Gasteiger partial charge in [0.15, 0.2) is 0 Å². The lowest BCUT2D eigenvalue weighted by atomic mass is 10.1. The fourth-order valence-corrected chi connectivity index (χ4v) is 2.59. The number of aliphatic hydroxyl groups excluding tert-OH is 1. The second-order valence-electron chi connectivity index (χ2n) is 5.37. The zero-order chi connectivity index (χ0) is 14.5. The first-order valence-electron chi connectivity index (χ1n) is 7.24. The molecule has 1 aliphatic heterocycles. The zero-order valence-electron chi connectivity index (χ0n) is 12.3. The van der Waals surface area contributed by atoms with Gasteiger partial charge in [-0.15, -0.1) is 0 Å². The fourth-order valence-electron chi connectivity index (χ4n) is 2.59. The number of aliphatic hydroxyl groups is 1. The average molecular weight is 277 g/mol. The molecule has 0 bridgehead atoms. The number of benzene rings is 1. The molecule has 2 rings (SSSR count). The van der Waals surface area contributed by atoms with Crippen LogP contribution < -0.4 is 4.74 Å². The highest BCUT2D eigenvalue weighted by Crippen LogP contribution is 2.25. The van der Waals surface area contributed by atoms with E-state index in [0.717, 1.165) is 42.7 Å². The fraction of sp³-hybridized carbons (Fsp3) is 0.562. The lowest BCUT2D eigenvalue weighted by Gasteiger charge is -2.22. The van der Waals surface area contributed by atoms with E-state index in [1.807, 2.05) is 23.1 Å². The minimum absolute atomic E-state index is 0.215. The van der Waals surface area contributed by atoms with Crippen molar-refractivity contribution in [2.45, 2.75) is 45.3 Å². The smallest absolute Gasteiger partial charge is 0.222 e. The van der Waals surface area contributed by atoms with Crippen LogP contribution in [-0.2, 0) is 11.3 Å². The Morgan fingerprint density at radius 2 is 2.15 bits per heavy atom. The topological polar surface area (TPSA) is 49.8 Å². The van der Waals surface area contributed by atoms with Crippen LogP contribution in [0.1, 0.15) is 49.8 Å². The van der Waals surface area contributed by atoms with E-state index in [9.17, 15) is 9.90 Å². The van der Waals surface area contributed by atoms with Crippen LogP contribution in [0.2, 0.25) is 0 Å². The van der Waals surface area contributed by atoms with Gasteiger partial charge in [0.1, 0.15) is 5.75 Å². The molecule has 1 aromatic carbocycles. The van der Waals surface area contributed by atoms with Gasteiger partial charge in [0.05, 0.1) is 13.2 Å². The van der Waals surface area contributed by atoms with Gasteiger partial charge in [-0.3, -0.25) is 4.79 Å². The Morgan fingerprint density at radius 1 is 1.35 bits per heavy atom. The maximum atomic E-state index is 12.1. The molecule has 0 radical (unpaired) electrons. The molecule has 1 saturated heterocycles. The van der Waals surface area contributed by atoms with Gasteiger partial charge >= 0.3 is 0 Å². The first-order valence-corrected chi connectivity index (χ1v) is 7.24. The first kappa shape index (κ1) is 14.9. The Balaban J connectivity index is 2.21. The molecule has 0 aromatic heterocycles. The zero-order valence-corrected chi connectivity index (χ0v) is 12.3. The number of amides is 1. The number of carbonyl (C=O) groups is 1. The van der Waals surface area contributed by atoms with Gasteiger partial charge in [-0.2, -0.15) is 0 Å². The summed E-state index contributed by atoms with van der Waals surface area (Å²) in [6, 6.07) is 5.65. The minimum Gasteiger partial charge on any atom is -0.496 e. The van der Waals surface area contributed by atoms with Crippen molar-refractivity contribution in [2.75, 3.05) is 13.7 Å². The molecule has 1 aliphatic rings. The summed E-state index contributed by atoms with van der Waals surface area (Å²) in [5.74, 6) is 0.985. The molecule has 20 heavy (non-hydrogen) atoms. The Morgan fingerprint density at radius 3 is 2.85 bits per heavy atom. The second-order valence-corrected chi connectivity index (χ2v) is 5.37. The number of carbonyl (C=O) groups excluding carboxylic acids is 1. The third-order valence-electron chi connectivity index (χ3n) is 3.82. The van der Waals surface area contributed by atoms with E-state index in [-0.39, 0.29) is 5.91 Å². The van der Waals surface area contributed by atoms with Crippen molar-refractivity contribution >= 4 is 5.91 Å². The molecule has 0 saturated carbocycles.